The Labute approximate surface area is 140 Å². The predicted octanol–water partition coefficient (Wildman–Crippen LogP) is 0.568. The normalized spacial score (nSPS) is 13.5. The first-order chi connectivity index (χ1) is 11.4. The molecule has 3 rings (SSSR count). The number of amides is 1. The maximum atomic E-state index is 12.2. The van der Waals surface area contributed by atoms with Gasteiger partial charge in [-0.05, 0) is 24.6 Å². The van der Waals surface area contributed by atoms with E-state index in [0.29, 0.717) is 24.2 Å². The van der Waals surface area contributed by atoms with Gasteiger partial charge in [-0.3, -0.25) is 9.52 Å². The summed E-state index contributed by atoms with van der Waals surface area (Å²) in [6.45, 7) is 1.38. The van der Waals surface area contributed by atoms with Crippen molar-refractivity contribution in [1.29, 1.82) is 0 Å². The highest BCUT2D eigenvalue weighted by Crippen LogP contribution is 2.14. The van der Waals surface area contributed by atoms with Gasteiger partial charge in [0.15, 0.2) is 0 Å². The van der Waals surface area contributed by atoms with Gasteiger partial charge in [0.2, 0.25) is 10.0 Å². The van der Waals surface area contributed by atoms with Crippen LogP contribution in [0.3, 0.4) is 0 Å². The lowest BCUT2D eigenvalue weighted by molar-refractivity contribution is 0.0954. The van der Waals surface area contributed by atoms with Crippen molar-refractivity contribution in [2.45, 2.75) is 25.8 Å². The van der Waals surface area contributed by atoms with Gasteiger partial charge in [-0.25, -0.2) is 8.42 Å². The number of carbonyl (C=O) groups is 1. The maximum absolute atomic E-state index is 12.2. The second-order valence-electron chi connectivity index (χ2n) is 5.75. The molecule has 0 fully saturated rings. The zero-order valence-corrected chi connectivity index (χ0v) is 14.1. The van der Waals surface area contributed by atoms with Crippen LogP contribution < -0.4 is 10.0 Å². The Balaban J connectivity index is 1.58. The fourth-order valence-electron chi connectivity index (χ4n) is 2.72. The van der Waals surface area contributed by atoms with Crippen LogP contribution in [0.15, 0.2) is 24.3 Å². The summed E-state index contributed by atoms with van der Waals surface area (Å²) in [5.74, 6) is 1.64. The molecule has 0 unspecified atom stereocenters. The van der Waals surface area contributed by atoms with Gasteiger partial charge in [-0.2, -0.15) is 0 Å². The fraction of sp³-hybridized carbons (Fsp3) is 0.400. The third-order valence-corrected chi connectivity index (χ3v) is 4.35. The van der Waals surface area contributed by atoms with Gasteiger partial charge in [-0.1, -0.05) is 6.07 Å². The Bertz CT molecular complexity index is 860. The van der Waals surface area contributed by atoms with E-state index in [2.05, 4.69) is 24.8 Å². The van der Waals surface area contributed by atoms with Crippen molar-refractivity contribution in [3.05, 3.63) is 41.5 Å². The van der Waals surface area contributed by atoms with Crippen molar-refractivity contribution in [2.24, 2.45) is 0 Å². The van der Waals surface area contributed by atoms with Crippen LogP contribution >= 0.6 is 0 Å². The minimum atomic E-state index is -3.37. The summed E-state index contributed by atoms with van der Waals surface area (Å²) in [6, 6.07) is 6.37. The quantitative estimate of drug-likeness (QED) is 0.793. The Kier molecular flexibility index (Phi) is 4.52. The molecular weight excluding hydrogens is 330 g/mol. The molecule has 0 bridgehead atoms. The van der Waals surface area contributed by atoms with Crippen LogP contribution in [0.25, 0.3) is 0 Å². The molecule has 0 aliphatic carbocycles. The maximum Gasteiger partial charge on any atom is 0.251 e. The molecule has 0 spiro atoms. The number of benzene rings is 1. The van der Waals surface area contributed by atoms with Gasteiger partial charge < -0.3 is 9.88 Å². The van der Waals surface area contributed by atoms with E-state index < -0.39 is 10.0 Å². The van der Waals surface area contributed by atoms with E-state index in [-0.39, 0.29) is 5.91 Å². The van der Waals surface area contributed by atoms with Gasteiger partial charge in [0.25, 0.3) is 5.91 Å². The second kappa shape index (κ2) is 6.60. The lowest BCUT2D eigenvalue weighted by Gasteiger charge is -2.08. The lowest BCUT2D eigenvalue weighted by Crippen LogP contribution is -2.26. The van der Waals surface area contributed by atoms with Crippen molar-refractivity contribution >= 4 is 21.6 Å². The van der Waals surface area contributed by atoms with Crippen LogP contribution in [-0.2, 0) is 29.4 Å². The molecular formula is C15H19N5O3S. The molecule has 1 aliphatic heterocycles. The van der Waals surface area contributed by atoms with E-state index in [1.165, 1.54) is 6.07 Å². The molecule has 1 aliphatic rings. The molecule has 2 aromatic rings. The third-order valence-electron chi connectivity index (χ3n) is 3.75. The average Bonchev–Trinajstić information content (AvgIpc) is 3.10. The zero-order valence-electron chi connectivity index (χ0n) is 13.3. The first-order valence-electron chi connectivity index (χ1n) is 7.69. The summed E-state index contributed by atoms with van der Waals surface area (Å²) in [6.07, 6.45) is 3.72. The largest absolute Gasteiger partial charge is 0.352 e. The summed E-state index contributed by atoms with van der Waals surface area (Å²) < 4.78 is 27.0. The van der Waals surface area contributed by atoms with Crippen molar-refractivity contribution in [2.75, 3.05) is 17.5 Å². The number of aromatic nitrogens is 3. The molecule has 9 heteroatoms. The summed E-state index contributed by atoms with van der Waals surface area (Å²) in [7, 11) is -3.37. The van der Waals surface area contributed by atoms with E-state index in [9.17, 15) is 13.2 Å². The van der Waals surface area contributed by atoms with E-state index in [1.54, 1.807) is 18.2 Å². The standard InChI is InChI=1S/C15H19N5O3S/c1-24(22,23)19-12-5-2-4-11(10-12)15(21)16-8-7-14-18-17-13-6-3-9-20(13)14/h2,4-5,10,19H,3,6-9H2,1H3,(H,16,21). The number of anilines is 1. The molecule has 0 atom stereocenters. The molecule has 0 radical (unpaired) electrons. The SMILES string of the molecule is CS(=O)(=O)Nc1cccc(C(=O)NCCc2nnc3n2CCC3)c1. The highest BCUT2D eigenvalue weighted by atomic mass is 32.2. The minimum Gasteiger partial charge on any atom is -0.352 e. The van der Waals surface area contributed by atoms with Crippen LogP contribution in [0.2, 0.25) is 0 Å². The average molecular weight is 349 g/mol. The Morgan fingerprint density at radius 1 is 1.33 bits per heavy atom. The molecule has 1 aromatic carbocycles. The van der Waals surface area contributed by atoms with Crippen molar-refractivity contribution in [1.82, 2.24) is 20.1 Å². The van der Waals surface area contributed by atoms with Crippen molar-refractivity contribution < 1.29 is 13.2 Å². The second-order valence-corrected chi connectivity index (χ2v) is 7.50. The van der Waals surface area contributed by atoms with Gasteiger partial charge >= 0.3 is 0 Å². The van der Waals surface area contributed by atoms with Crippen LogP contribution in [0.1, 0.15) is 28.4 Å². The van der Waals surface area contributed by atoms with Gasteiger partial charge in [0.1, 0.15) is 11.6 Å². The lowest BCUT2D eigenvalue weighted by atomic mass is 10.2. The minimum absolute atomic E-state index is 0.256. The number of sulfonamides is 1. The number of fused-ring (bicyclic) bond motifs is 1. The number of nitrogens with one attached hydrogen (secondary N) is 2. The monoisotopic (exact) mass is 349 g/mol. The summed E-state index contributed by atoms with van der Waals surface area (Å²) in [5.41, 5.74) is 0.760. The van der Waals surface area contributed by atoms with Crippen LogP contribution in [0, 0.1) is 0 Å². The Morgan fingerprint density at radius 2 is 2.17 bits per heavy atom. The molecule has 2 heterocycles. The van der Waals surface area contributed by atoms with Crippen LogP contribution in [0.4, 0.5) is 5.69 Å². The van der Waals surface area contributed by atoms with Crippen LogP contribution in [0.5, 0.6) is 0 Å². The topological polar surface area (TPSA) is 106 Å². The third kappa shape index (κ3) is 3.91. The van der Waals surface area contributed by atoms with E-state index in [4.69, 9.17) is 0 Å². The number of carbonyl (C=O) groups excluding carboxylic acids is 1. The van der Waals surface area contributed by atoms with E-state index in [0.717, 1.165) is 37.3 Å². The molecule has 128 valence electrons. The molecule has 1 aromatic heterocycles. The molecule has 24 heavy (non-hydrogen) atoms. The number of aryl methyl sites for hydroxylation is 1. The van der Waals surface area contributed by atoms with E-state index in [1.807, 2.05) is 0 Å². The molecule has 0 saturated heterocycles. The number of hydrogen-bond acceptors (Lipinski definition) is 5. The molecule has 2 N–H and O–H groups in total. The van der Waals surface area contributed by atoms with Gasteiger partial charge in [0, 0.05) is 37.2 Å². The predicted molar refractivity (Wildman–Crippen MR) is 89.3 cm³/mol. The van der Waals surface area contributed by atoms with Crippen molar-refractivity contribution in [3.8, 4) is 0 Å². The van der Waals surface area contributed by atoms with Gasteiger partial charge in [0.05, 0.1) is 6.26 Å². The first kappa shape index (κ1) is 16.4. The molecule has 8 nitrogen and oxygen atoms in total. The smallest absolute Gasteiger partial charge is 0.251 e. The highest BCUT2D eigenvalue weighted by Gasteiger charge is 2.17. The Morgan fingerprint density at radius 3 is 2.96 bits per heavy atom. The summed E-state index contributed by atoms with van der Waals surface area (Å²) in [5, 5.41) is 11.1. The summed E-state index contributed by atoms with van der Waals surface area (Å²) in [4.78, 5) is 12.2. The Hall–Kier alpha value is -2.42. The van der Waals surface area contributed by atoms with Crippen molar-refractivity contribution in [3.63, 3.8) is 0 Å². The number of nitrogens with zero attached hydrogens (tertiary/aromatic N) is 3. The molecule has 0 saturated carbocycles. The molecule has 1 amide bonds. The zero-order chi connectivity index (χ0) is 17.2. The number of hydrogen-bond donors (Lipinski definition) is 2. The van der Waals surface area contributed by atoms with Gasteiger partial charge in [-0.15, -0.1) is 10.2 Å². The van der Waals surface area contributed by atoms with E-state index >= 15 is 0 Å². The fourth-order valence-corrected chi connectivity index (χ4v) is 3.28. The number of rotatable bonds is 6. The van der Waals surface area contributed by atoms with Crippen LogP contribution in [-0.4, -0.2) is 41.9 Å². The highest BCUT2D eigenvalue weighted by molar-refractivity contribution is 7.92. The summed E-state index contributed by atoms with van der Waals surface area (Å²) >= 11 is 0. The first-order valence-corrected chi connectivity index (χ1v) is 9.58.